The van der Waals surface area contributed by atoms with Gasteiger partial charge >= 0.3 is 12.0 Å². The second-order valence-corrected chi connectivity index (χ2v) is 4.89. The average molecular weight is 299 g/mol. The summed E-state index contributed by atoms with van der Waals surface area (Å²) >= 11 is 5.81. The summed E-state index contributed by atoms with van der Waals surface area (Å²) in [7, 11) is 0. The molecular formula is C14H19ClN2O3. The highest BCUT2D eigenvalue weighted by Crippen LogP contribution is 2.14. The Labute approximate surface area is 123 Å². The van der Waals surface area contributed by atoms with E-state index in [0.717, 1.165) is 19.3 Å². The molecule has 1 aromatic carbocycles. The fourth-order valence-corrected chi connectivity index (χ4v) is 1.89. The topological polar surface area (TPSA) is 78.4 Å². The summed E-state index contributed by atoms with van der Waals surface area (Å²) in [5, 5.41) is 14.5. The number of carbonyl (C=O) groups excluding carboxylic acids is 1. The largest absolute Gasteiger partial charge is 0.481 e. The van der Waals surface area contributed by atoms with Crippen molar-refractivity contribution < 1.29 is 14.7 Å². The minimum atomic E-state index is -0.760. The molecule has 6 heteroatoms. The number of hydrogen-bond donors (Lipinski definition) is 3. The Kier molecular flexibility index (Phi) is 7.50. The van der Waals surface area contributed by atoms with Crippen molar-refractivity contribution in [1.29, 1.82) is 0 Å². The molecule has 0 fully saturated rings. The van der Waals surface area contributed by atoms with E-state index in [1.54, 1.807) is 24.3 Å². The van der Waals surface area contributed by atoms with E-state index in [4.69, 9.17) is 16.7 Å². The Bertz CT molecular complexity index is 452. The fourth-order valence-electron chi connectivity index (χ4n) is 1.70. The molecule has 5 nitrogen and oxygen atoms in total. The molecular weight excluding hydrogens is 280 g/mol. The van der Waals surface area contributed by atoms with E-state index in [0.29, 0.717) is 23.7 Å². The van der Waals surface area contributed by atoms with Gasteiger partial charge in [0.25, 0.3) is 0 Å². The highest BCUT2D eigenvalue weighted by molar-refractivity contribution is 6.30. The van der Waals surface area contributed by atoms with Crippen LogP contribution in [0.4, 0.5) is 10.5 Å². The Morgan fingerprint density at radius 2 is 1.90 bits per heavy atom. The maximum atomic E-state index is 11.6. The number of unbranched alkanes of at least 4 members (excludes halogenated alkanes) is 3. The van der Waals surface area contributed by atoms with Gasteiger partial charge in [-0.1, -0.05) is 30.5 Å². The van der Waals surface area contributed by atoms with Crippen LogP contribution in [0.15, 0.2) is 24.3 Å². The van der Waals surface area contributed by atoms with E-state index in [9.17, 15) is 9.59 Å². The van der Waals surface area contributed by atoms with Crippen LogP contribution in [0.1, 0.15) is 32.1 Å². The summed E-state index contributed by atoms with van der Waals surface area (Å²) in [4.78, 5) is 21.9. The number of nitrogens with one attached hydrogen (secondary N) is 2. The Morgan fingerprint density at radius 1 is 1.15 bits per heavy atom. The van der Waals surface area contributed by atoms with Gasteiger partial charge < -0.3 is 15.7 Å². The third-order valence-corrected chi connectivity index (χ3v) is 2.92. The van der Waals surface area contributed by atoms with Crippen molar-refractivity contribution in [2.45, 2.75) is 32.1 Å². The SMILES string of the molecule is O=C(O)CCCCCCNC(=O)Nc1cccc(Cl)c1. The normalized spacial score (nSPS) is 10.1. The summed E-state index contributed by atoms with van der Waals surface area (Å²) < 4.78 is 0. The molecule has 3 N–H and O–H groups in total. The van der Waals surface area contributed by atoms with E-state index in [1.807, 2.05) is 0 Å². The van der Waals surface area contributed by atoms with Crippen LogP contribution in [0.25, 0.3) is 0 Å². The molecule has 0 heterocycles. The second-order valence-electron chi connectivity index (χ2n) is 4.45. The predicted molar refractivity (Wildman–Crippen MR) is 79.2 cm³/mol. The number of rotatable bonds is 8. The molecule has 0 radical (unpaired) electrons. The van der Waals surface area contributed by atoms with Gasteiger partial charge in [0.2, 0.25) is 0 Å². The van der Waals surface area contributed by atoms with Crippen molar-refractivity contribution in [2.75, 3.05) is 11.9 Å². The second kappa shape index (κ2) is 9.20. The molecule has 0 saturated carbocycles. The Hall–Kier alpha value is -1.75. The number of carbonyl (C=O) groups is 2. The molecule has 0 aliphatic carbocycles. The summed E-state index contributed by atoms with van der Waals surface area (Å²) in [5.41, 5.74) is 0.649. The van der Waals surface area contributed by atoms with Crippen LogP contribution in [-0.4, -0.2) is 23.7 Å². The Balaban J connectivity index is 2.07. The number of hydrogen-bond acceptors (Lipinski definition) is 2. The van der Waals surface area contributed by atoms with Crippen molar-refractivity contribution >= 4 is 29.3 Å². The first-order valence-corrected chi connectivity index (χ1v) is 6.98. The van der Waals surface area contributed by atoms with E-state index >= 15 is 0 Å². The molecule has 0 spiro atoms. The molecule has 0 aromatic heterocycles. The minimum Gasteiger partial charge on any atom is -0.481 e. The smallest absolute Gasteiger partial charge is 0.319 e. The monoisotopic (exact) mass is 298 g/mol. The van der Waals surface area contributed by atoms with Gasteiger partial charge in [-0.2, -0.15) is 0 Å². The van der Waals surface area contributed by atoms with E-state index in [2.05, 4.69) is 10.6 Å². The van der Waals surface area contributed by atoms with Crippen molar-refractivity contribution in [3.05, 3.63) is 29.3 Å². The highest BCUT2D eigenvalue weighted by Gasteiger charge is 2.01. The third-order valence-electron chi connectivity index (χ3n) is 2.69. The van der Waals surface area contributed by atoms with Crippen LogP contribution in [0.3, 0.4) is 0 Å². The molecule has 20 heavy (non-hydrogen) atoms. The van der Waals surface area contributed by atoms with E-state index in [1.165, 1.54) is 0 Å². The van der Waals surface area contributed by atoms with Crippen molar-refractivity contribution in [3.8, 4) is 0 Å². The van der Waals surface area contributed by atoms with Crippen LogP contribution >= 0.6 is 11.6 Å². The van der Waals surface area contributed by atoms with Crippen LogP contribution < -0.4 is 10.6 Å². The van der Waals surface area contributed by atoms with Crippen molar-refractivity contribution in [1.82, 2.24) is 5.32 Å². The van der Waals surface area contributed by atoms with Gasteiger partial charge in [-0.05, 0) is 31.0 Å². The first-order chi connectivity index (χ1) is 9.58. The zero-order valence-electron chi connectivity index (χ0n) is 11.2. The molecule has 0 atom stereocenters. The molecule has 1 aromatic rings. The number of carboxylic acids is 1. The van der Waals surface area contributed by atoms with E-state index < -0.39 is 5.97 Å². The summed E-state index contributed by atoms with van der Waals surface area (Å²) in [6.45, 7) is 0.569. The quantitative estimate of drug-likeness (QED) is 0.643. The molecule has 0 saturated heterocycles. The molecule has 0 unspecified atom stereocenters. The molecule has 0 aliphatic heterocycles. The Morgan fingerprint density at radius 3 is 2.60 bits per heavy atom. The van der Waals surface area contributed by atoms with Gasteiger partial charge in [-0.15, -0.1) is 0 Å². The molecule has 2 amide bonds. The highest BCUT2D eigenvalue weighted by atomic mass is 35.5. The van der Waals surface area contributed by atoms with Crippen LogP contribution in [0.5, 0.6) is 0 Å². The maximum Gasteiger partial charge on any atom is 0.319 e. The van der Waals surface area contributed by atoms with Gasteiger partial charge in [0.1, 0.15) is 0 Å². The third kappa shape index (κ3) is 7.63. The number of carboxylic acid groups (broad SMARTS) is 1. The lowest BCUT2D eigenvalue weighted by molar-refractivity contribution is -0.137. The van der Waals surface area contributed by atoms with Crippen LogP contribution in [0, 0.1) is 0 Å². The maximum absolute atomic E-state index is 11.6. The number of benzene rings is 1. The van der Waals surface area contributed by atoms with Gasteiger partial charge in [0, 0.05) is 23.7 Å². The lowest BCUT2D eigenvalue weighted by atomic mass is 10.1. The van der Waals surface area contributed by atoms with Crippen molar-refractivity contribution in [3.63, 3.8) is 0 Å². The molecule has 1 rings (SSSR count). The molecule has 0 aliphatic rings. The number of aliphatic carboxylic acids is 1. The number of halogens is 1. The molecule has 110 valence electrons. The summed E-state index contributed by atoms with van der Waals surface area (Å²) in [6, 6.07) is 6.67. The lowest BCUT2D eigenvalue weighted by Crippen LogP contribution is -2.29. The van der Waals surface area contributed by atoms with Crippen molar-refractivity contribution in [2.24, 2.45) is 0 Å². The zero-order valence-corrected chi connectivity index (χ0v) is 11.9. The van der Waals surface area contributed by atoms with Gasteiger partial charge in [0.15, 0.2) is 0 Å². The summed E-state index contributed by atoms with van der Waals surface area (Å²) in [5.74, 6) is -0.760. The van der Waals surface area contributed by atoms with Gasteiger partial charge in [-0.3, -0.25) is 4.79 Å². The minimum absolute atomic E-state index is 0.211. The standard InChI is InChI=1S/C14H19ClN2O3/c15-11-6-5-7-12(10-11)17-14(20)16-9-4-2-1-3-8-13(18)19/h5-7,10H,1-4,8-9H2,(H,18,19)(H2,16,17,20). The summed E-state index contributed by atoms with van der Waals surface area (Å²) in [6.07, 6.45) is 3.50. The number of urea groups is 1. The first kappa shape index (κ1) is 16.3. The van der Waals surface area contributed by atoms with Crippen LogP contribution in [-0.2, 0) is 4.79 Å². The zero-order chi connectivity index (χ0) is 14.8. The number of amides is 2. The fraction of sp³-hybridized carbons (Fsp3) is 0.429. The van der Waals surface area contributed by atoms with Gasteiger partial charge in [-0.25, -0.2) is 4.79 Å². The predicted octanol–water partition coefficient (Wildman–Crippen LogP) is 3.50. The number of anilines is 1. The first-order valence-electron chi connectivity index (χ1n) is 6.60. The van der Waals surface area contributed by atoms with Gasteiger partial charge in [0.05, 0.1) is 0 Å². The average Bonchev–Trinajstić information content (AvgIpc) is 2.37. The van der Waals surface area contributed by atoms with Crippen LogP contribution in [0.2, 0.25) is 5.02 Å². The lowest BCUT2D eigenvalue weighted by Gasteiger charge is -2.07. The molecule has 0 bridgehead atoms. The van der Waals surface area contributed by atoms with E-state index in [-0.39, 0.29) is 12.5 Å².